The number of rotatable bonds is 9. The molecule has 2 aliphatic rings. The molecule has 0 bridgehead atoms. The Hall–Kier alpha value is -3.49. The van der Waals surface area contributed by atoms with Crippen LogP contribution in [0.4, 0.5) is 0 Å². The first-order chi connectivity index (χ1) is 21.3. The Balaban J connectivity index is 1.20. The molecule has 2 fully saturated rings. The van der Waals surface area contributed by atoms with Crippen molar-refractivity contribution in [1.82, 2.24) is 0 Å². The quantitative estimate of drug-likeness (QED) is 0.174. The van der Waals surface area contributed by atoms with Crippen LogP contribution in [0.2, 0.25) is 0 Å². The van der Waals surface area contributed by atoms with Crippen LogP contribution in [0.1, 0.15) is 23.0 Å². The second-order valence-electron chi connectivity index (χ2n) is 10.9. The van der Waals surface area contributed by atoms with Gasteiger partial charge in [0.25, 0.3) is 0 Å². The summed E-state index contributed by atoms with van der Waals surface area (Å²) in [6.45, 7) is 1.26. The van der Waals surface area contributed by atoms with Crippen molar-refractivity contribution < 1.29 is 23.7 Å². The minimum atomic E-state index is -0.508. The van der Waals surface area contributed by atoms with Gasteiger partial charge in [0, 0.05) is 10.5 Å². The summed E-state index contributed by atoms with van der Waals surface area (Å²) in [5, 5.41) is 2.40. The van der Waals surface area contributed by atoms with E-state index in [1.807, 2.05) is 66.7 Å². The van der Waals surface area contributed by atoms with Crippen molar-refractivity contribution in [3.63, 3.8) is 0 Å². The Labute approximate surface area is 256 Å². The van der Waals surface area contributed by atoms with Crippen LogP contribution in [0.25, 0.3) is 10.8 Å². The molecule has 0 radical (unpaired) electrons. The van der Waals surface area contributed by atoms with E-state index in [0.717, 1.165) is 21.6 Å². The Morgan fingerprint density at radius 2 is 1.26 bits per heavy atom. The normalized spacial score (nSPS) is 25.3. The third-order valence-corrected chi connectivity index (χ3v) is 9.05. The van der Waals surface area contributed by atoms with E-state index >= 15 is 0 Å². The molecule has 5 aromatic rings. The van der Waals surface area contributed by atoms with Gasteiger partial charge < -0.3 is 23.7 Å². The maximum absolute atomic E-state index is 6.84. The number of hydrogen-bond donors (Lipinski definition) is 0. The van der Waals surface area contributed by atoms with Crippen LogP contribution in [-0.2, 0) is 36.9 Å². The van der Waals surface area contributed by atoms with Gasteiger partial charge in [-0.2, -0.15) is 0 Å². The molecule has 2 aliphatic heterocycles. The van der Waals surface area contributed by atoms with Crippen molar-refractivity contribution in [2.75, 3.05) is 6.61 Å². The van der Waals surface area contributed by atoms with Crippen molar-refractivity contribution >= 4 is 22.5 Å². The summed E-state index contributed by atoms with van der Waals surface area (Å²) in [4.78, 5) is 1.10. The lowest BCUT2D eigenvalue weighted by Gasteiger charge is -2.49. The van der Waals surface area contributed by atoms with Gasteiger partial charge in [-0.1, -0.05) is 127 Å². The summed E-state index contributed by atoms with van der Waals surface area (Å²) in [5.74, 6) is 0. The smallest absolute Gasteiger partial charge is 0.184 e. The topological polar surface area (TPSA) is 46.2 Å². The van der Waals surface area contributed by atoms with E-state index in [0.29, 0.717) is 19.8 Å². The molecule has 0 amide bonds. The zero-order valence-corrected chi connectivity index (χ0v) is 24.6. The molecule has 5 aromatic carbocycles. The van der Waals surface area contributed by atoms with Gasteiger partial charge in [0.2, 0.25) is 0 Å². The largest absolute Gasteiger partial charge is 0.368 e. The molecule has 0 aromatic heterocycles. The highest BCUT2D eigenvalue weighted by molar-refractivity contribution is 7.99. The van der Waals surface area contributed by atoms with E-state index < -0.39 is 18.5 Å². The average molecular weight is 591 g/mol. The molecule has 0 spiro atoms. The number of benzene rings is 5. The summed E-state index contributed by atoms with van der Waals surface area (Å²) in [6, 6.07) is 45.4. The van der Waals surface area contributed by atoms with Crippen LogP contribution < -0.4 is 0 Å². The molecular weight excluding hydrogens is 556 g/mol. The Kier molecular flexibility index (Phi) is 8.84. The maximum Gasteiger partial charge on any atom is 0.184 e. The number of fused-ring (bicyclic) bond motifs is 2. The molecule has 0 aliphatic carbocycles. The lowest BCUT2D eigenvalue weighted by molar-refractivity contribution is -0.329. The monoisotopic (exact) mass is 590 g/mol. The van der Waals surface area contributed by atoms with Crippen molar-refractivity contribution in [3.05, 3.63) is 150 Å². The van der Waals surface area contributed by atoms with Crippen molar-refractivity contribution in [3.8, 4) is 0 Å². The molecule has 0 saturated carbocycles. The third-order valence-electron chi connectivity index (χ3n) is 7.89. The highest BCUT2D eigenvalue weighted by Gasteiger charge is 2.51. The molecule has 6 atom stereocenters. The SMILES string of the molecule is c1ccc(COC2C(Sc3ccccc3)OC3COC(c4ccccc4)OC3C2OCc2ccc3ccccc3c2)cc1. The van der Waals surface area contributed by atoms with E-state index in [2.05, 4.69) is 66.7 Å². The predicted octanol–water partition coefficient (Wildman–Crippen LogP) is 7.94. The Morgan fingerprint density at radius 1 is 0.605 bits per heavy atom. The van der Waals surface area contributed by atoms with E-state index in [1.165, 1.54) is 10.8 Å². The van der Waals surface area contributed by atoms with Crippen LogP contribution in [0, 0.1) is 0 Å². The lowest BCUT2D eigenvalue weighted by Crippen LogP contribution is -2.62. The first-order valence-electron chi connectivity index (χ1n) is 14.7. The predicted molar refractivity (Wildman–Crippen MR) is 169 cm³/mol. The second-order valence-corrected chi connectivity index (χ2v) is 12.0. The summed E-state index contributed by atoms with van der Waals surface area (Å²) >= 11 is 1.65. The minimum absolute atomic E-state index is 0.306. The van der Waals surface area contributed by atoms with Gasteiger partial charge >= 0.3 is 0 Å². The molecule has 2 heterocycles. The van der Waals surface area contributed by atoms with Crippen LogP contribution in [0.5, 0.6) is 0 Å². The number of ether oxygens (including phenoxy) is 5. The zero-order valence-electron chi connectivity index (χ0n) is 23.7. The van der Waals surface area contributed by atoms with Crippen molar-refractivity contribution in [2.45, 2.75) is 54.3 Å². The van der Waals surface area contributed by atoms with Gasteiger partial charge in [-0.3, -0.25) is 0 Å². The molecule has 6 unspecified atom stereocenters. The molecule has 2 saturated heterocycles. The molecule has 5 nitrogen and oxygen atoms in total. The third kappa shape index (κ3) is 6.70. The van der Waals surface area contributed by atoms with E-state index in [9.17, 15) is 0 Å². The van der Waals surface area contributed by atoms with Gasteiger partial charge in [-0.15, -0.1) is 0 Å². The molecule has 7 rings (SSSR count). The van der Waals surface area contributed by atoms with Gasteiger partial charge in [0.15, 0.2) is 6.29 Å². The summed E-state index contributed by atoms with van der Waals surface area (Å²) < 4.78 is 33.2. The summed E-state index contributed by atoms with van der Waals surface area (Å²) in [7, 11) is 0. The van der Waals surface area contributed by atoms with Crippen LogP contribution >= 0.6 is 11.8 Å². The highest BCUT2D eigenvalue weighted by Crippen LogP contribution is 2.41. The van der Waals surface area contributed by atoms with Gasteiger partial charge in [-0.05, 0) is 40.1 Å². The summed E-state index contributed by atoms with van der Waals surface area (Å²) in [5.41, 5.74) is 2.84. The highest BCUT2D eigenvalue weighted by atomic mass is 32.2. The minimum Gasteiger partial charge on any atom is -0.368 e. The Morgan fingerprint density at radius 3 is 2.05 bits per heavy atom. The maximum atomic E-state index is 6.84. The first-order valence-corrected chi connectivity index (χ1v) is 15.6. The molecule has 218 valence electrons. The average Bonchev–Trinajstić information content (AvgIpc) is 3.07. The van der Waals surface area contributed by atoms with E-state index in [-0.39, 0.29) is 17.6 Å². The van der Waals surface area contributed by atoms with Crippen molar-refractivity contribution in [1.29, 1.82) is 0 Å². The summed E-state index contributed by atoms with van der Waals surface area (Å²) in [6.07, 6.45) is -2.00. The molecular formula is C37H34O5S. The van der Waals surface area contributed by atoms with Gasteiger partial charge in [-0.25, -0.2) is 0 Å². The Bertz CT molecular complexity index is 1600. The molecule has 0 N–H and O–H groups in total. The second kappa shape index (κ2) is 13.4. The fourth-order valence-electron chi connectivity index (χ4n) is 5.71. The van der Waals surface area contributed by atoms with E-state index in [4.69, 9.17) is 23.7 Å². The van der Waals surface area contributed by atoms with Gasteiger partial charge in [0.05, 0.1) is 19.8 Å². The molecule has 6 heteroatoms. The van der Waals surface area contributed by atoms with Crippen LogP contribution in [-0.4, -0.2) is 36.5 Å². The van der Waals surface area contributed by atoms with E-state index in [1.54, 1.807) is 11.8 Å². The zero-order chi connectivity index (χ0) is 28.8. The fourth-order valence-corrected chi connectivity index (χ4v) is 6.86. The first kappa shape index (κ1) is 28.3. The molecule has 43 heavy (non-hydrogen) atoms. The van der Waals surface area contributed by atoms with Crippen LogP contribution in [0.3, 0.4) is 0 Å². The standard InChI is InChI=1S/C37H34O5S/c1-4-12-26(13-5-1)23-39-35-34(38-24-27-20-21-28-14-10-11-17-30(28)22-27)33-32(41-37(35)43-31-18-8-3-9-19-31)25-40-36(42-33)29-15-6-2-7-16-29/h1-22,32-37H,23-25H2. The lowest BCUT2D eigenvalue weighted by atomic mass is 9.98. The number of thioether (sulfide) groups is 1. The van der Waals surface area contributed by atoms with Crippen molar-refractivity contribution in [2.24, 2.45) is 0 Å². The number of hydrogen-bond acceptors (Lipinski definition) is 6. The fraction of sp³-hybridized carbons (Fsp3) is 0.243. The van der Waals surface area contributed by atoms with Gasteiger partial charge in [0.1, 0.15) is 29.9 Å². The van der Waals surface area contributed by atoms with Crippen LogP contribution in [0.15, 0.2) is 138 Å².